The van der Waals surface area contributed by atoms with E-state index in [4.69, 9.17) is 0 Å². The summed E-state index contributed by atoms with van der Waals surface area (Å²) >= 11 is 0. The molecule has 39 heavy (non-hydrogen) atoms. The van der Waals surface area contributed by atoms with Crippen molar-refractivity contribution in [2.75, 3.05) is 0 Å². The van der Waals surface area contributed by atoms with Crippen LogP contribution in [0, 0.1) is 6.92 Å². The van der Waals surface area contributed by atoms with Gasteiger partial charge in [-0.25, -0.2) is 9.78 Å². The summed E-state index contributed by atoms with van der Waals surface area (Å²) < 4.78 is 0. The second-order valence-electron chi connectivity index (χ2n) is 9.55. The third-order valence-corrected chi connectivity index (χ3v) is 6.89. The minimum absolute atomic E-state index is 0.0175. The molecule has 0 saturated heterocycles. The van der Waals surface area contributed by atoms with Crippen molar-refractivity contribution in [3.8, 4) is 28.3 Å². The van der Waals surface area contributed by atoms with Gasteiger partial charge < -0.3 is 20.5 Å². The van der Waals surface area contributed by atoms with Crippen molar-refractivity contribution in [3.63, 3.8) is 0 Å². The quantitative estimate of drug-likeness (QED) is 0.178. The summed E-state index contributed by atoms with van der Waals surface area (Å²) in [5.74, 6) is -0.898. The van der Waals surface area contributed by atoms with Crippen LogP contribution in [-0.4, -0.2) is 32.1 Å². The number of aromatic amines is 1. The topological polar surface area (TPSA) is 115 Å². The number of aromatic nitrogens is 2. The highest BCUT2D eigenvalue weighted by atomic mass is 16.4. The number of amides is 1. The Morgan fingerprint density at radius 2 is 1.72 bits per heavy atom. The minimum Gasteiger partial charge on any atom is -0.506 e. The third-order valence-electron chi connectivity index (χ3n) is 6.89. The summed E-state index contributed by atoms with van der Waals surface area (Å²) in [6, 6.07) is 25.1. The number of aromatic carboxylic acids is 1. The van der Waals surface area contributed by atoms with E-state index in [0.29, 0.717) is 33.5 Å². The van der Waals surface area contributed by atoms with Crippen LogP contribution in [0.4, 0.5) is 0 Å². The zero-order valence-corrected chi connectivity index (χ0v) is 21.7. The molecule has 5 rings (SSSR count). The molecule has 7 heteroatoms. The number of fused-ring (bicyclic) bond motifs is 1. The van der Waals surface area contributed by atoms with E-state index in [1.807, 2.05) is 61.5 Å². The molecule has 0 fully saturated rings. The monoisotopic (exact) mass is 519 g/mol. The summed E-state index contributed by atoms with van der Waals surface area (Å²) in [4.78, 5) is 33.6. The summed E-state index contributed by atoms with van der Waals surface area (Å²) in [5.41, 5.74) is 5.11. The van der Waals surface area contributed by atoms with E-state index in [1.54, 1.807) is 24.3 Å². The molecule has 7 nitrogen and oxygen atoms in total. The van der Waals surface area contributed by atoms with Gasteiger partial charge in [0.15, 0.2) is 0 Å². The number of nitrogens with zero attached hydrogens (tertiary/aromatic N) is 1. The van der Waals surface area contributed by atoms with Gasteiger partial charge in [-0.05, 0) is 59.9 Å². The lowest BCUT2D eigenvalue weighted by molar-refractivity contribution is 0.0697. The predicted molar refractivity (Wildman–Crippen MR) is 152 cm³/mol. The lowest BCUT2D eigenvalue weighted by Crippen LogP contribution is -2.28. The standard InChI is InChI=1S/C32H29N3O4/c1-3-9-25(20-11-5-4-6-12-20)34-31(37)21-16-17-22(24(18-21)32(38)39)28-19(2)10-7-13-23(28)30-33-26-14-8-15-27(36)29(26)35-30/h4-8,10-18,25,36H,3,9H2,1-2H3,(H,33,35)(H,34,37)(H,38,39). The second kappa shape index (κ2) is 10.8. The Kier molecular flexibility index (Phi) is 7.14. The molecule has 1 atom stereocenters. The number of imidazole rings is 1. The first kappa shape index (κ1) is 25.7. The van der Waals surface area contributed by atoms with Gasteiger partial charge >= 0.3 is 5.97 Å². The summed E-state index contributed by atoms with van der Waals surface area (Å²) in [6.45, 7) is 3.96. The number of aromatic hydroxyl groups is 1. The van der Waals surface area contributed by atoms with Crippen LogP contribution in [0.15, 0.2) is 84.9 Å². The first-order valence-corrected chi connectivity index (χ1v) is 12.9. The number of aryl methyl sites for hydroxylation is 1. The maximum Gasteiger partial charge on any atom is 0.336 e. The normalized spacial score (nSPS) is 11.8. The first-order valence-electron chi connectivity index (χ1n) is 12.9. The number of carbonyl (C=O) groups is 2. The molecule has 0 spiro atoms. The van der Waals surface area contributed by atoms with Crippen molar-refractivity contribution in [1.29, 1.82) is 0 Å². The zero-order chi connectivity index (χ0) is 27.5. The van der Waals surface area contributed by atoms with Gasteiger partial charge in [-0.2, -0.15) is 0 Å². The van der Waals surface area contributed by atoms with E-state index in [2.05, 4.69) is 22.2 Å². The number of rotatable bonds is 8. The highest BCUT2D eigenvalue weighted by molar-refractivity contribution is 6.03. The molecule has 196 valence electrons. The number of phenolic OH excluding ortho intramolecular Hbond substituents is 1. The molecular formula is C32H29N3O4. The summed E-state index contributed by atoms with van der Waals surface area (Å²) in [5, 5.41) is 23.5. The van der Waals surface area contributed by atoms with Gasteiger partial charge in [0.05, 0.1) is 17.1 Å². The Hall–Kier alpha value is -4.91. The molecule has 1 unspecified atom stereocenters. The largest absolute Gasteiger partial charge is 0.506 e. The number of carbonyl (C=O) groups excluding carboxylic acids is 1. The number of hydrogen-bond acceptors (Lipinski definition) is 4. The van der Waals surface area contributed by atoms with E-state index in [9.17, 15) is 19.8 Å². The molecular weight excluding hydrogens is 490 g/mol. The Balaban J connectivity index is 1.56. The smallest absolute Gasteiger partial charge is 0.336 e. The number of carboxylic acid groups (broad SMARTS) is 1. The number of benzene rings is 4. The SMILES string of the molecule is CCCC(NC(=O)c1ccc(-c2c(C)cccc2-c2nc3c(O)cccc3[nH]2)c(C(=O)O)c1)c1ccccc1. The van der Waals surface area contributed by atoms with Gasteiger partial charge in [0.1, 0.15) is 17.1 Å². The summed E-state index contributed by atoms with van der Waals surface area (Å²) in [7, 11) is 0. The van der Waals surface area contributed by atoms with Gasteiger partial charge in [-0.3, -0.25) is 4.79 Å². The fraction of sp³-hybridized carbons (Fsp3) is 0.156. The van der Waals surface area contributed by atoms with Gasteiger partial charge in [0, 0.05) is 11.1 Å². The molecule has 0 radical (unpaired) electrons. The lowest BCUT2D eigenvalue weighted by Gasteiger charge is -2.19. The maximum atomic E-state index is 13.3. The number of para-hydroxylation sites is 1. The highest BCUT2D eigenvalue weighted by Crippen LogP contribution is 2.37. The number of nitrogens with one attached hydrogen (secondary N) is 2. The van der Waals surface area contributed by atoms with E-state index < -0.39 is 5.97 Å². The van der Waals surface area contributed by atoms with Crippen molar-refractivity contribution in [3.05, 3.63) is 107 Å². The van der Waals surface area contributed by atoms with Crippen molar-refractivity contribution in [2.45, 2.75) is 32.7 Å². The Labute approximate surface area is 226 Å². The molecule has 0 aliphatic carbocycles. The maximum absolute atomic E-state index is 13.3. The van der Waals surface area contributed by atoms with Crippen LogP contribution >= 0.6 is 0 Å². The van der Waals surface area contributed by atoms with Crippen LogP contribution in [-0.2, 0) is 0 Å². The van der Waals surface area contributed by atoms with Crippen LogP contribution < -0.4 is 5.32 Å². The number of H-pyrrole nitrogens is 1. The van der Waals surface area contributed by atoms with Crippen LogP contribution in [0.5, 0.6) is 5.75 Å². The van der Waals surface area contributed by atoms with E-state index >= 15 is 0 Å². The Bertz CT molecular complexity index is 1670. The average Bonchev–Trinajstić information content (AvgIpc) is 3.38. The number of hydrogen-bond donors (Lipinski definition) is 4. The van der Waals surface area contributed by atoms with Crippen LogP contribution in [0.1, 0.15) is 57.7 Å². The van der Waals surface area contributed by atoms with E-state index in [-0.39, 0.29) is 28.8 Å². The minimum atomic E-state index is -1.13. The fourth-order valence-electron chi connectivity index (χ4n) is 4.99. The molecule has 1 heterocycles. The van der Waals surface area contributed by atoms with Crippen molar-refractivity contribution >= 4 is 22.9 Å². The summed E-state index contributed by atoms with van der Waals surface area (Å²) in [6.07, 6.45) is 1.65. The third kappa shape index (κ3) is 5.11. The Morgan fingerprint density at radius 1 is 0.949 bits per heavy atom. The molecule has 5 aromatic rings. The van der Waals surface area contributed by atoms with Crippen molar-refractivity contribution in [1.82, 2.24) is 15.3 Å². The van der Waals surface area contributed by atoms with Gasteiger partial charge in [-0.1, -0.05) is 74.0 Å². The van der Waals surface area contributed by atoms with Gasteiger partial charge in [0.25, 0.3) is 5.91 Å². The molecule has 0 aliphatic heterocycles. The fourth-order valence-corrected chi connectivity index (χ4v) is 4.99. The predicted octanol–water partition coefficient (Wildman–Crippen LogP) is 6.88. The lowest BCUT2D eigenvalue weighted by atomic mass is 9.90. The second-order valence-corrected chi connectivity index (χ2v) is 9.55. The van der Waals surface area contributed by atoms with E-state index in [0.717, 1.165) is 24.0 Å². The zero-order valence-electron chi connectivity index (χ0n) is 21.7. The van der Waals surface area contributed by atoms with Gasteiger partial charge in [0.2, 0.25) is 0 Å². The van der Waals surface area contributed by atoms with E-state index in [1.165, 1.54) is 6.07 Å². The average molecular weight is 520 g/mol. The molecule has 0 saturated carbocycles. The highest BCUT2D eigenvalue weighted by Gasteiger charge is 2.22. The van der Waals surface area contributed by atoms with Crippen LogP contribution in [0.25, 0.3) is 33.5 Å². The van der Waals surface area contributed by atoms with Crippen LogP contribution in [0.3, 0.4) is 0 Å². The molecule has 1 aromatic heterocycles. The van der Waals surface area contributed by atoms with Crippen molar-refractivity contribution < 1.29 is 19.8 Å². The molecule has 4 aromatic carbocycles. The molecule has 0 aliphatic rings. The first-order chi connectivity index (χ1) is 18.9. The van der Waals surface area contributed by atoms with Crippen molar-refractivity contribution in [2.24, 2.45) is 0 Å². The Morgan fingerprint density at radius 3 is 2.44 bits per heavy atom. The number of carboxylic acids is 1. The number of phenols is 1. The molecule has 4 N–H and O–H groups in total. The molecule has 0 bridgehead atoms. The van der Waals surface area contributed by atoms with Crippen LogP contribution in [0.2, 0.25) is 0 Å². The molecule has 1 amide bonds. The van der Waals surface area contributed by atoms with Gasteiger partial charge in [-0.15, -0.1) is 0 Å².